The van der Waals surface area contributed by atoms with Gasteiger partial charge in [-0.15, -0.1) is 0 Å². The number of carbonyl (C=O) groups excluding carboxylic acids is 1. The molecule has 1 aliphatic heterocycles. The first-order valence-electron chi connectivity index (χ1n) is 15.8. The third kappa shape index (κ3) is 10.8. The van der Waals surface area contributed by atoms with Gasteiger partial charge in [-0.2, -0.15) is 0 Å². The van der Waals surface area contributed by atoms with Crippen LogP contribution in [-0.2, 0) is 32.2 Å². The molecule has 3 aromatic carbocycles. The van der Waals surface area contributed by atoms with Gasteiger partial charge in [-0.05, 0) is 42.7 Å². The van der Waals surface area contributed by atoms with Crippen molar-refractivity contribution in [2.75, 3.05) is 59.0 Å². The van der Waals surface area contributed by atoms with Gasteiger partial charge < -0.3 is 39.0 Å². The number of nitrogens with zero attached hydrogens (tertiary/aromatic N) is 1. The van der Waals surface area contributed by atoms with Crippen LogP contribution in [0.4, 0.5) is 10.5 Å². The first kappa shape index (κ1) is 34.7. The van der Waals surface area contributed by atoms with Crippen molar-refractivity contribution in [1.29, 1.82) is 0 Å². The van der Waals surface area contributed by atoms with Gasteiger partial charge in [0.25, 0.3) is 0 Å². The number of para-hydroxylation sites is 2. The standard InChI is InChI=1S/C36H46N2O8/c1-42-20-7-11-30(39)23-37-33-12-5-3-9-28(33)26-46-35-24-38(36(40)41)19-18-32(35)27-14-16-31(17-15-27)45-22-8-21-44-25-29-10-4-6-13-34(29)43-2/h3-6,9-10,12-17,32,35,37H,7-8,11,18-26H2,1-2H3,(H,40,41). The van der Waals surface area contributed by atoms with Gasteiger partial charge in [0.05, 0.1) is 52.7 Å². The van der Waals surface area contributed by atoms with Gasteiger partial charge in [-0.25, -0.2) is 4.79 Å². The number of hydrogen-bond donors (Lipinski definition) is 2. The summed E-state index contributed by atoms with van der Waals surface area (Å²) in [7, 11) is 3.28. The van der Waals surface area contributed by atoms with E-state index < -0.39 is 6.09 Å². The number of likely N-dealkylation sites (tertiary alicyclic amines) is 1. The molecule has 0 spiro atoms. The average Bonchev–Trinajstić information content (AvgIpc) is 3.08. The van der Waals surface area contributed by atoms with Crippen LogP contribution in [0.2, 0.25) is 0 Å². The Morgan fingerprint density at radius 1 is 0.891 bits per heavy atom. The summed E-state index contributed by atoms with van der Waals surface area (Å²) in [5.41, 5.74) is 3.83. The molecule has 0 saturated carbocycles. The first-order chi connectivity index (χ1) is 22.5. The van der Waals surface area contributed by atoms with Crippen LogP contribution in [0.15, 0.2) is 72.8 Å². The number of carboxylic acid groups (broad SMARTS) is 1. The number of Topliss-reactive ketones (excluding diaryl/α,β-unsaturated/α-hetero) is 1. The van der Waals surface area contributed by atoms with Crippen LogP contribution in [0, 0.1) is 0 Å². The summed E-state index contributed by atoms with van der Waals surface area (Å²) < 4.78 is 28.6. The number of nitrogens with one attached hydrogen (secondary N) is 1. The fourth-order valence-corrected chi connectivity index (χ4v) is 5.52. The Bertz CT molecular complexity index is 1370. The second kappa shape index (κ2) is 18.8. The summed E-state index contributed by atoms with van der Waals surface area (Å²) in [6.07, 6.45) is 1.27. The van der Waals surface area contributed by atoms with Gasteiger partial charge in [0, 0.05) is 55.8 Å². The largest absolute Gasteiger partial charge is 0.496 e. The molecule has 1 fully saturated rings. The van der Waals surface area contributed by atoms with Gasteiger partial charge in [0.1, 0.15) is 11.5 Å². The lowest BCUT2D eigenvalue weighted by Crippen LogP contribution is -2.46. The molecule has 0 radical (unpaired) electrons. The Kier molecular flexibility index (Phi) is 14.2. The van der Waals surface area contributed by atoms with Gasteiger partial charge in [0.15, 0.2) is 5.78 Å². The summed E-state index contributed by atoms with van der Waals surface area (Å²) in [6, 6.07) is 23.5. The minimum Gasteiger partial charge on any atom is -0.496 e. The third-order valence-electron chi connectivity index (χ3n) is 8.04. The lowest BCUT2D eigenvalue weighted by atomic mass is 9.87. The van der Waals surface area contributed by atoms with Crippen molar-refractivity contribution < 1.29 is 38.4 Å². The minimum atomic E-state index is -0.947. The highest BCUT2D eigenvalue weighted by Crippen LogP contribution is 2.33. The Morgan fingerprint density at radius 3 is 2.41 bits per heavy atom. The van der Waals surface area contributed by atoms with E-state index in [0.717, 1.165) is 40.3 Å². The number of amides is 1. The van der Waals surface area contributed by atoms with Crippen molar-refractivity contribution in [3.05, 3.63) is 89.5 Å². The predicted octanol–water partition coefficient (Wildman–Crippen LogP) is 6.14. The molecule has 2 atom stereocenters. The topological polar surface area (TPSA) is 116 Å². The number of ether oxygens (including phenoxy) is 5. The number of anilines is 1. The zero-order valence-electron chi connectivity index (χ0n) is 26.8. The van der Waals surface area contributed by atoms with E-state index in [1.807, 2.05) is 72.8 Å². The maximum absolute atomic E-state index is 12.3. The Morgan fingerprint density at radius 2 is 1.65 bits per heavy atom. The molecule has 2 N–H and O–H groups in total. The molecule has 0 aliphatic carbocycles. The summed E-state index contributed by atoms with van der Waals surface area (Å²) >= 11 is 0. The van der Waals surface area contributed by atoms with E-state index in [9.17, 15) is 14.7 Å². The highest BCUT2D eigenvalue weighted by atomic mass is 16.5. The van der Waals surface area contributed by atoms with Crippen LogP contribution < -0.4 is 14.8 Å². The highest BCUT2D eigenvalue weighted by Gasteiger charge is 2.33. The van der Waals surface area contributed by atoms with E-state index in [1.54, 1.807) is 14.2 Å². The Balaban J connectivity index is 1.28. The second-order valence-electron chi connectivity index (χ2n) is 11.3. The Labute approximate surface area is 271 Å². The van der Waals surface area contributed by atoms with Crippen LogP contribution in [-0.4, -0.2) is 81.7 Å². The summed E-state index contributed by atoms with van der Waals surface area (Å²) in [6.45, 7) is 3.38. The smallest absolute Gasteiger partial charge is 0.407 e. The number of rotatable bonds is 19. The monoisotopic (exact) mass is 634 g/mol. The molecule has 2 unspecified atom stereocenters. The van der Waals surface area contributed by atoms with Gasteiger partial charge in [0.2, 0.25) is 0 Å². The fraction of sp³-hybridized carbons (Fsp3) is 0.444. The highest BCUT2D eigenvalue weighted by molar-refractivity contribution is 5.83. The average molecular weight is 635 g/mol. The molecule has 1 saturated heterocycles. The number of ketones is 1. The summed E-state index contributed by atoms with van der Waals surface area (Å²) in [5, 5.41) is 12.9. The van der Waals surface area contributed by atoms with Crippen LogP contribution in [0.5, 0.6) is 11.5 Å². The molecule has 1 aliphatic rings. The number of piperidine rings is 1. The van der Waals surface area contributed by atoms with E-state index in [-0.39, 0.29) is 37.5 Å². The molecule has 248 valence electrons. The molecular weight excluding hydrogens is 588 g/mol. The third-order valence-corrected chi connectivity index (χ3v) is 8.04. The molecule has 0 bridgehead atoms. The molecule has 10 heteroatoms. The van der Waals surface area contributed by atoms with Crippen LogP contribution in [0.25, 0.3) is 0 Å². The summed E-state index contributed by atoms with van der Waals surface area (Å²) in [4.78, 5) is 25.5. The number of methoxy groups -OCH3 is 2. The van der Waals surface area contributed by atoms with Crippen molar-refractivity contribution >= 4 is 17.6 Å². The molecule has 1 amide bonds. The summed E-state index contributed by atoms with van der Waals surface area (Å²) in [5.74, 6) is 1.72. The van der Waals surface area contributed by atoms with Gasteiger partial charge in [-0.1, -0.05) is 48.5 Å². The van der Waals surface area contributed by atoms with Gasteiger partial charge in [-0.3, -0.25) is 4.79 Å². The SMILES string of the molecule is COCCCC(=O)CNc1ccccc1COC1CN(C(=O)O)CCC1c1ccc(OCCCOCc2ccccc2OC)cc1. The van der Waals surface area contributed by atoms with E-state index >= 15 is 0 Å². The normalized spacial score (nSPS) is 16.2. The molecule has 3 aromatic rings. The zero-order chi connectivity index (χ0) is 32.6. The van der Waals surface area contributed by atoms with Crippen molar-refractivity contribution in [3.8, 4) is 11.5 Å². The number of hydrogen-bond acceptors (Lipinski definition) is 8. The fourth-order valence-electron chi connectivity index (χ4n) is 5.52. The lowest BCUT2D eigenvalue weighted by molar-refractivity contribution is -0.117. The maximum atomic E-state index is 12.3. The molecule has 0 aromatic heterocycles. The molecule has 4 rings (SSSR count). The van der Waals surface area contributed by atoms with Crippen molar-refractivity contribution in [3.63, 3.8) is 0 Å². The van der Waals surface area contributed by atoms with Crippen LogP contribution in [0.3, 0.4) is 0 Å². The van der Waals surface area contributed by atoms with Crippen LogP contribution in [0.1, 0.15) is 48.3 Å². The zero-order valence-corrected chi connectivity index (χ0v) is 26.8. The Hall–Kier alpha value is -4.12. The van der Waals surface area contributed by atoms with E-state index in [2.05, 4.69) is 5.32 Å². The molecular formula is C36H46N2O8. The first-order valence-corrected chi connectivity index (χ1v) is 15.8. The van der Waals surface area contributed by atoms with Crippen molar-refractivity contribution in [2.24, 2.45) is 0 Å². The maximum Gasteiger partial charge on any atom is 0.407 e. The van der Waals surface area contributed by atoms with E-state index in [1.165, 1.54) is 4.90 Å². The van der Waals surface area contributed by atoms with Crippen LogP contribution >= 0.6 is 0 Å². The van der Waals surface area contributed by atoms with Crippen molar-refractivity contribution in [1.82, 2.24) is 4.90 Å². The van der Waals surface area contributed by atoms with E-state index in [0.29, 0.717) is 52.2 Å². The number of benzene rings is 3. The molecule has 10 nitrogen and oxygen atoms in total. The second-order valence-corrected chi connectivity index (χ2v) is 11.3. The lowest BCUT2D eigenvalue weighted by Gasteiger charge is -2.37. The molecule has 46 heavy (non-hydrogen) atoms. The van der Waals surface area contributed by atoms with E-state index in [4.69, 9.17) is 23.7 Å². The predicted molar refractivity (Wildman–Crippen MR) is 176 cm³/mol. The quantitative estimate of drug-likeness (QED) is 0.150. The van der Waals surface area contributed by atoms with Gasteiger partial charge >= 0.3 is 6.09 Å². The number of carbonyl (C=O) groups is 2. The van der Waals surface area contributed by atoms with Crippen molar-refractivity contribution in [2.45, 2.75) is 50.9 Å². The molecule has 1 heterocycles. The minimum absolute atomic E-state index is 0.0236.